The molecule has 0 amide bonds. The summed E-state index contributed by atoms with van der Waals surface area (Å²) in [5.41, 5.74) is 2.89. The lowest BCUT2D eigenvalue weighted by atomic mass is 10.1. The van der Waals surface area contributed by atoms with Crippen molar-refractivity contribution in [2.45, 2.75) is 6.61 Å². The van der Waals surface area contributed by atoms with E-state index in [9.17, 15) is 10.1 Å². The van der Waals surface area contributed by atoms with Crippen LogP contribution in [0.2, 0.25) is 0 Å². The van der Waals surface area contributed by atoms with E-state index < -0.39 is 4.92 Å². The largest absolute Gasteiger partial charge is 0.489 e. The first kappa shape index (κ1) is 14.8. The van der Waals surface area contributed by atoms with E-state index in [0.717, 1.165) is 22.6 Å². The summed E-state index contributed by atoms with van der Waals surface area (Å²) in [4.78, 5) is 14.5. The third-order valence-electron chi connectivity index (χ3n) is 3.41. The minimum atomic E-state index is -0.416. The number of aromatic nitrogens is 2. The summed E-state index contributed by atoms with van der Waals surface area (Å²) < 4.78 is 7.59. The van der Waals surface area contributed by atoms with Crippen LogP contribution < -0.4 is 4.74 Å². The Morgan fingerprint density at radius 2 is 1.83 bits per heavy atom. The number of aryl methyl sites for hydroxylation is 1. The van der Waals surface area contributed by atoms with Crippen molar-refractivity contribution in [2.24, 2.45) is 7.05 Å². The Morgan fingerprint density at radius 3 is 2.39 bits per heavy atom. The van der Waals surface area contributed by atoms with Crippen LogP contribution in [0.15, 0.2) is 61.1 Å². The van der Waals surface area contributed by atoms with Gasteiger partial charge in [-0.2, -0.15) is 0 Å². The maximum atomic E-state index is 10.6. The van der Waals surface area contributed by atoms with Crippen molar-refractivity contribution in [3.63, 3.8) is 0 Å². The Bertz CT molecular complexity index is 808. The van der Waals surface area contributed by atoms with E-state index in [1.54, 1.807) is 18.5 Å². The molecule has 0 saturated heterocycles. The van der Waals surface area contributed by atoms with E-state index in [1.165, 1.54) is 12.1 Å². The molecule has 0 fully saturated rings. The number of nitrogens with zero attached hydrogens (tertiary/aromatic N) is 3. The molecule has 3 rings (SSSR count). The van der Waals surface area contributed by atoms with Crippen LogP contribution in [-0.4, -0.2) is 14.5 Å². The zero-order valence-corrected chi connectivity index (χ0v) is 12.5. The summed E-state index contributed by atoms with van der Waals surface area (Å²) in [5.74, 6) is 0.739. The number of nitro groups is 1. The van der Waals surface area contributed by atoms with Crippen LogP contribution in [0.3, 0.4) is 0 Å². The molecule has 6 heteroatoms. The monoisotopic (exact) mass is 309 g/mol. The van der Waals surface area contributed by atoms with Crippen LogP contribution in [0, 0.1) is 10.1 Å². The normalized spacial score (nSPS) is 10.5. The summed E-state index contributed by atoms with van der Waals surface area (Å²) in [6.45, 7) is 0.362. The average Bonchev–Trinajstić information content (AvgIpc) is 3.00. The molecule has 3 aromatic rings. The average molecular weight is 309 g/mol. The molecule has 0 atom stereocenters. The molecule has 0 N–H and O–H groups in total. The predicted octanol–water partition coefficient (Wildman–Crippen LogP) is 3.57. The highest BCUT2D eigenvalue weighted by Crippen LogP contribution is 2.21. The standard InChI is InChI=1S/C17H15N3O3/c1-19-10-17(18-12-19)14-4-8-16(9-5-14)23-11-13-2-6-15(7-3-13)20(21)22/h2-10,12H,11H2,1H3. The van der Waals surface area contributed by atoms with E-state index in [-0.39, 0.29) is 5.69 Å². The van der Waals surface area contributed by atoms with Crippen LogP contribution in [0.5, 0.6) is 5.75 Å². The zero-order valence-electron chi connectivity index (χ0n) is 12.5. The van der Waals surface area contributed by atoms with Gasteiger partial charge in [0.05, 0.1) is 16.9 Å². The Labute approximate surface area is 133 Å². The number of benzene rings is 2. The van der Waals surface area contributed by atoms with Crippen molar-refractivity contribution in [1.82, 2.24) is 9.55 Å². The Morgan fingerprint density at radius 1 is 1.13 bits per heavy atom. The SMILES string of the molecule is Cn1cnc(-c2ccc(OCc3ccc([N+](=O)[O-])cc3)cc2)c1. The van der Waals surface area contributed by atoms with Gasteiger partial charge in [-0.1, -0.05) is 0 Å². The minimum Gasteiger partial charge on any atom is -0.489 e. The van der Waals surface area contributed by atoms with Gasteiger partial charge in [0.15, 0.2) is 0 Å². The first-order chi connectivity index (χ1) is 11.1. The summed E-state index contributed by atoms with van der Waals surface area (Å²) >= 11 is 0. The number of imidazole rings is 1. The Hall–Kier alpha value is -3.15. The molecule has 1 heterocycles. The topological polar surface area (TPSA) is 70.2 Å². The lowest BCUT2D eigenvalue weighted by molar-refractivity contribution is -0.384. The molecule has 0 unspecified atom stereocenters. The molecule has 0 spiro atoms. The van der Waals surface area contributed by atoms with Gasteiger partial charge in [-0.25, -0.2) is 4.98 Å². The molecular weight excluding hydrogens is 294 g/mol. The highest BCUT2D eigenvalue weighted by Gasteiger charge is 2.05. The second kappa shape index (κ2) is 6.31. The number of non-ortho nitro benzene ring substituents is 1. The van der Waals surface area contributed by atoms with Crippen molar-refractivity contribution < 1.29 is 9.66 Å². The number of hydrogen-bond acceptors (Lipinski definition) is 4. The summed E-state index contributed by atoms with van der Waals surface area (Å²) in [7, 11) is 1.93. The lowest BCUT2D eigenvalue weighted by Gasteiger charge is -2.07. The van der Waals surface area contributed by atoms with Gasteiger partial charge in [0, 0.05) is 30.9 Å². The molecule has 6 nitrogen and oxygen atoms in total. The van der Waals surface area contributed by atoms with Crippen molar-refractivity contribution in [3.05, 3.63) is 76.7 Å². The van der Waals surface area contributed by atoms with Gasteiger partial charge in [-0.05, 0) is 42.0 Å². The first-order valence-corrected chi connectivity index (χ1v) is 7.06. The van der Waals surface area contributed by atoms with Crippen molar-refractivity contribution >= 4 is 5.69 Å². The van der Waals surface area contributed by atoms with Gasteiger partial charge in [-0.3, -0.25) is 10.1 Å². The highest BCUT2D eigenvalue weighted by molar-refractivity contribution is 5.59. The second-order valence-corrected chi connectivity index (χ2v) is 5.16. The van der Waals surface area contributed by atoms with Gasteiger partial charge in [-0.15, -0.1) is 0 Å². The van der Waals surface area contributed by atoms with Crippen LogP contribution in [-0.2, 0) is 13.7 Å². The molecule has 23 heavy (non-hydrogen) atoms. The molecule has 1 aromatic heterocycles. The summed E-state index contributed by atoms with van der Waals surface area (Å²) in [5, 5.41) is 10.6. The smallest absolute Gasteiger partial charge is 0.269 e. The fourth-order valence-electron chi connectivity index (χ4n) is 2.16. The van der Waals surface area contributed by atoms with Gasteiger partial charge < -0.3 is 9.30 Å². The lowest BCUT2D eigenvalue weighted by Crippen LogP contribution is -1.96. The van der Waals surface area contributed by atoms with E-state index in [1.807, 2.05) is 42.1 Å². The van der Waals surface area contributed by atoms with E-state index in [2.05, 4.69) is 4.98 Å². The molecular formula is C17H15N3O3. The fraction of sp³-hybridized carbons (Fsp3) is 0.118. The predicted molar refractivity (Wildman–Crippen MR) is 86.1 cm³/mol. The van der Waals surface area contributed by atoms with E-state index in [4.69, 9.17) is 4.74 Å². The molecule has 0 aliphatic rings. The molecule has 0 aliphatic carbocycles. The van der Waals surface area contributed by atoms with Crippen molar-refractivity contribution in [2.75, 3.05) is 0 Å². The van der Waals surface area contributed by atoms with Crippen LogP contribution >= 0.6 is 0 Å². The number of ether oxygens (including phenoxy) is 1. The van der Waals surface area contributed by atoms with Crippen LogP contribution in [0.4, 0.5) is 5.69 Å². The van der Waals surface area contributed by atoms with E-state index in [0.29, 0.717) is 6.61 Å². The minimum absolute atomic E-state index is 0.0773. The van der Waals surface area contributed by atoms with Gasteiger partial charge in [0.2, 0.25) is 0 Å². The molecule has 0 radical (unpaired) electrons. The number of nitro benzene ring substituents is 1. The summed E-state index contributed by atoms with van der Waals surface area (Å²) in [6, 6.07) is 14.0. The zero-order chi connectivity index (χ0) is 16.2. The maximum absolute atomic E-state index is 10.6. The van der Waals surface area contributed by atoms with Crippen LogP contribution in [0.25, 0.3) is 11.3 Å². The van der Waals surface area contributed by atoms with Gasteiger partial charge >= 0.3 is 0 Å². The Kier molecular flexibility index (Phi) is 4.05. The molecule has 116 valence electrons. The third kappa shape index (κ3) is 3.55. The van der Waals surface area contributed by atoms with Gasteiger partial charge in [0.1, 0.15) is 12.4 Å². The molecule has 0 aliphatic heterocycles. The highest BCUT2D eigenvalue weighted by atomic mass is 16.6. The fourth-order valence-corrected chi connectivity index (χ4v) is 2.16. The maximum Gasteiger partial charge on any atom is 0.269 e. The third-order valence-corrected chi connectivity index (χ3v) is 3.41. The summed E-state index contributed by atoms with van der Waals surface area (Å²) in [6.07, 6.45) is 3.71. The second-order valence-electron chi connectivity index (χ2n) is 5.16. The first-order valence-electron chi connectivity index (χ1n) is 7.06. The quantitative estimate of drug-likeness (QED) is 0.533. The number of hydrogen-bond donors (Lipinski definition) is 0. The van der Waals surface area contributed by atoms with Crippen molar-refractivity contribution in [3.8, 4) is 17.0 Å². The molecule has 0 saturated carbocycles. The van der Waals surface area contributed by atoms with Crippen LogP contribution in [0.1, 0.15) is 5.56 Å². The van der Waals surface area contributed by atoms with Crippen molar-refractivity contribution in [1.29, 1.82) is 0 Å². The molecule has 2 aromatic carbocycles. The molecule has 0 bridgehead atoms. The van der Waals surface area contributed by atoms with Gasteiger partial charge in [0.25, 0.3) is 5.69 Å². The Balaban J connectivity index is 1.63. The van der Waals surface area contributed by atoms with E-state index >= 15 is 0 Å². The number of rotatable bonds is 5.